The lowest BCUT2D eigenvalue weighted by Gasteiger charge is -2.14. The zero-order valence-corrected chi connectivity index (χ0v) is 11.3. The lowest BCUT2D eigenvalue weighted by atomic mass is 9.98. The average Bonchev–Trinajstić information content (AvgIpc) is 2.63. The third-order valence-corrected chi connectivity index (χ3v) is 3.82. The summed E-state index contributed by atoms with van der Waals surface area (Å²) >= 11 is 1.73. The van der Waals surface area contributed by atoms with Crippen molar-refractivity contribution in [2.45, 2.75) is 33.2 Å². The zero-order chi connectivity index (χ0) is 12.4. The summed E-state index contributed by atoms with van der Waals surface area (Å²) < 4.78 is 0. The fourth-order valence-corrected chi connectivity index (χ4v) is 2.88. The molecule has 0 saturated heterocycles. The van der Waals surface area contributed by atoms with Gasteiger partial charge in [-0.05, 0) is 31.9 Å². The molecule has 0 aliphatic rings. The maximum absolute atomic E-state index is 6.25. The molecule has 0 spiro atoms. The van der Waals surface area contributed by atoms with Crippen LogP contribution in [0.1, 0.15) is 32.6 Å². The van der Waals surface area contributed by atoms with Crippen LogP contribution in [0.15, 0.2) is 24.4 Å². The molecule has 1 aromatic carbocycles. The Morgan fingerprint density at radius 3 is 2.65 bits per heavy atom. The Balaban J connectivity index is 2.17. The molecule has 0 saturated carbocycles. The summed E-state index contributed by atoms with van der Waals surface area (Å²) in [4.78, 5) is 5.61. The number of benzene rings is 1. The van der Waals surface area contributed by atoms with Gasteiger partial charge < -0.3 is 5.73 Å². The molecule has 1 unspecified atom stereocenters. The third-order valence-electron chi connectivity index (χ3n) is 2.89. The third kappa shape index (κ3) is 2.93. The van der Waals surface area contributed by atoms with Gasteiger partial charge in [-0.1, -0.05) is 23.8 Å². The topological polar surface area (TPSA) is 38.9 Å². The molecule has 0 aliphatic carbocycles. The molecule has 2 nitrogen and oxygen atoms in total. The molecule has 0 fully saturated rings. The number of nitrogens with two attached hydrogens (primary N) is 1. The van der Waals surface area contributed by atoms with Gasteiger partial charge in [-0.25, -0.2) is 4.98 Å². The number of nitrogens with zero attached hydrogens (tertiary/aromatic N) is 1. The molecule has 0 bridgehead atoms. The smallest absolute Gasteiger partial charge is 0.0946 e. The van der Waals surface area contributed by atoms with Gasteiger partial charge >= 0.3 is 0 Å². The molecular weight excluding hydrogens is 228 g/mol. The van der Waals surface area contributed by atoms with Gasteiger partial charge in [0, 0.05) is 23.5 Å². The summed E-state index contributed by atoms with van der Waals surface area (Å²) in [5, 5.41) is 1.12. The van der Waals surface area contributed by atoms with Crippen LogP contribution in [0.2, 0.25) is 0 Å². The van der Waals surface area contributed by atoms with Gasteiger partial charge in [0.25, 0.3) is 0 Å². The van der Waals surface area contributed by atoms with Crippen molar-refractivity contribution in [1.82, 2.24) is 4.98 Å². The van der Waals surface area contributed by atoms with Crippen molar-refractivity contribution >= 4 is 11.3 Å². The van der Waals surface area contributed by atoms with E-state index in [0.29, 0.717) is 0 Å². The summed E-state index contributed by atoms with van der Waals surface area (Å²) in [6, 6.07) is 6.48. The SMILES string of the molecule is Cc1ccc(C(N)Cc2ncc(C)s2)c(C)c1. The van der Waals surface area contributed by atoms with Crippen molar-refractivity contribution in [2.75, 3.05) is 0 Å². The Morgan fingerprint density at radius 2 is 2.06 bits per heavy atom. The lowest BCUT2D eigenvalue weighted by molar-refractivity contribution is 0.712. The van der Waals surface area contributed by atoms with E-state index in [1.807, 2.05) is 6.20 Å². The Morgan fingerprint density at radius 1 is 1.29 bits per heavy atom. The van der Waals surface area contributed by atoms with Crippen molar-refractivity contribution < 1.29 is 0 Å². The van der Waals surface area contributed by atoms with E-state index in [4.69, 9.17) is 5.73 Å². The van der Waals surface area contributed by atoms with E-state index in [-0.39, 0.29) is 6.04 Å². The molecule has 1 aromatic heterocycles. The van der Waals surface area contributed by atoms with Gasteiger partial charge in [0.1, 0.15) is 0 Å². The number of aryl methyl sites for hydroxylation is 3. The monoisotopic (exact) mass is 246 g/mol. The standard InChI is InChI=1S/C14H18N2S/c1-9-4-5-12(10(2)6-9)13(15)7-14-16-8-11(3)17-14/h4-6,8,13H,7,15H2,1-3H3. The van der Waals surface area contributed by atoms with Gasteiger partial charge in [0.2, 0.25) is 0 Å². The summed E-state index contributed by atoms with van der Waals surface area (Å²) in [6.07, 6.45) is 2.73. The normalized spacial score (nSPS) is 12.7. The first kappa shape index (κ1) is 12.3. The Bertz CT molecular complexity index is 517. The second kappa shape index (κ2) is 4.98. The first-order valence-electron chi connectivity index (χ1n) is 5.80. The molecule has 2 N–H and O–H groups in total. The molecule has 0 amide bonds. The second-order valence-electron chi connectivity index (χ2n) is 4.54. The minimum Gasteiger partial charge on any atom is -0.324 e. The highest BCUT2D eigenvalue weighted by Crippen LogP contribution is 2.22. The van der Waals surface area contributed by atoms with Crippen LogP contribution in [0.25, 0.3) is 0 Å². The van der Waals surface area contributed by atoms with Crippen molar-refractivity contribution in [3.8, 4) is 0 Å². The van der Waals surface area contributed by atoms with E-state index >= 15 is 0 Å². The van der Waals surface area contributed by atoms with E-state index in [1.165, 1.54) is 21.6 Å². The van der Waals surface area contributed by atoms with E-state index in [9.17, 15) is 0 Å². The molecule has 1 atom stereocenters. The fraction of sp³-hybridized carbons (Fsp3) is 0.357. The van der Waals surface area contributed by atoms with Gasteiger partial charge in [0.15, 0.2) is 0 Å². The molecule has 1 heterocycles. The zero-order valence-electron chi connectivity index (χ0n) is 10.5. The van der Waals surface area contributed by atoms with Crippen molar-refractivity contribution in [2.24, 2.45) is 5.73 Å². The van der Waals surface area contributed by atoms with Gasteiger partial charge in [-0.3, -0.25) is 0 Å². The van der Waals surface area contributed by atoms with Crippen molar-refractivity contribution in [3.05, 3.63) is 51.0 Å². The lowest BCUT2D eigenvalue weighted by Crippen LogP contribution is -2.14. The Hall–Kier alpha value is -1.19. The van der Waals surface area contributed by atoms with Crippen LogP contribution >= 0.6 is 11.3 Å². The van der Waals surface area contributed by atoms with Crippen LogP contribution in [-0.4, -0.2) is 4.98 Å². The van der Waals surface area contributed by atoms with Crippen molar-refractivity contribution in [1.29, 1.82) is 0 Å². The summed E-state index contributed by atoms with van der Waals surface area (Å²) in [5.74, 6) is 0. The Kier molecular flexibility index (Phi) is 3.60. The van der Waals surface area contributed by atoms with Crippen LogP contribution in [0.3, 0.4) is 0 Å². The van der Waals surface area contributed by atoms with E-state index in [2.05, 4.69) is 44.0 Å². The molecule has 0 aliphatic heterocycles. The maximum atomic E-state index is 6.25. The number of hydrogen-bond donors (Lipinski definition) is 1. The summed E-state index contributed by atoms with van der Waals surface area (Å²) in [6.45, 7) is 6.30. The van der Waals surface area contributed by atoms with Crippen LogP contribution in [0, 0.1) is 20.8 Å². The van der Waals surface area contributed by atoms with Crippen molar-refractivity contribution in [3.63, 3.8) is 0 Å². The van der Waals surface area contributed by atoms with E-state index in [1.54, 1.807) is 11.3 Å². The molecule has 17 heavy (non-hydrogen) atoms. The van der Waals surface area contributed by atoms with Gasteiger partial charge in [0.05, 0.1) is 5.01 Å². The van der Waals surface area contributed by atoms with Gasteiger partial charge in [-0.15, -0.1) is 11.3 Å². The predicted molar refractivity (Wildman–Crippen MR) is 73.4 cm³/mol. The van der Waals surface area contributed by atoms with Crippen LogP contribution < -0.4 is 5.73 Å². The van der Waals surface area contributed by atoms with Crippen LogP contribution in [-0.2, 0) is 6.42 Å². The highest BCUT2D eigenvalue weighted by Gasteiger charge is 2.11. The molecular formula is C14H18N2S. The first-order chi connectivity index (χ1) is 8.06. The fourth-order valence-electron chi connectivity index (χ4n) is 2.04. The maximum Gasteiger partial charge on any atom is 0.0946 e. The number of thiazole rings is 1. The minimum absolute atomic E-state index is 0.0427. The largest absolute Gasteiger partial charge is 0.324 e. The summed E-state index contributed by atoms with van der Waals surface area (Å²) in [7, 11) is 0. The van der Waals surface area contributed by atoms with E-state index < -0.39 is 0 Å². The highest BCUT2D eigenvalue weighted by atomic mass is 32.1. The predicted octanol–water partition coefficient (Wildman–Crippen LogP) is 3.31. The summed E-state index contributed by atoms with van der Waals surface area (Å²) in [5.41, 5.74) is 10.0. The molecule has 2 aromatic rings. The molecule has 2 rings (SSSR count). The Labute approximate surface area is 107 Å². The molecule has 0 radical (unpaired) electrons. The number of hydrogen-bond acceptors (Lipinski definition) is 3. The second-order valence-corrected chi connectivity index (χ2v) is 5.85. The minimum atomic E-state index is 0.0427. The highest BCUT2D eigenvalue weighted by molar-refractivity contribution is 7.11. The molecule has 90 valence electrons. The average molecular weight is 246 g/mol. The number of aromatic nitrogens is 1. The van der Waals surface area contributed by atoms with Crippen LogP contribution in [0.5, 0.6) is 0 Å². The molecule has 3 heteroatoms. The number of rotatable bonds is 3. The first-order valence-corrected chi connectivity index (χ1v) is 6.62. The van der Waals surface area contributed by atoms with Gasteiger partial charge in [-0.2, -0.15) is 0 Å². The quantitative estimate of drug-likeness (QED) is 0.902. The van der Waals surface area contributed by atoms with Crippen LogP contribution in [0.4, 0.5) is 0 Å². The van der Waals surface area contributed by atoms with E-state index in [0.717, 1.165) is 11.4 Å².